The predicted octanol–water partition coefficient (Wildman–Crippen LogP) is 14.6. The van der Waals surface area contributed by atoms with Crippen LogP contribution in [0.5, 0.6) is 0 Å². The Kier molecular flexibility index (Phi) is 38.9. The second-order valence-corrected chi connectivity index (χ2v) is 17.0. The highest BCUT2D eigenvalue weighted by Gasteiger charge is 2.19. The summed E-state index contributed by atoms with van der Waals surface area (Å²) in [5.74, 6) is 0.731. The van der Waals surface area contributed by atoms with E-state index < -0.39 is 6.10 Å². The van der Waals surface area contributed by atoms with Crippen LogP contribution in [0.25, 0.3) is 0 Å². The van der Waals surface area contributed by atoms with Gasteiger partial charge in [0.15, 0.2) is 6.10 Å². The zero-order chi connectivity index (χ0) is 39.0. The minimum Gasteiger partial charge on any atom is -0.462 e. The number of ether oxygens (including phenoxy) is 3. The van der Waals surface area contributed by atoms with Crippen molar-refractivity contribution >= 4 is 17.9 Å². The molecule has 0 amide bonds. The molecule has 0 aliphatic rings. The van der Waals surface area contributed by atoms with Crippen LogP contribution in [0.4, 0.5) is 0 Å². The average Bonchev–Trinajstić information content (AvgIpc) is 3.12. The van der Waals surface area contributed by atoms with Crippen LogP contribution in [0.3, 0.4) is 0 Å². The number of carbonyl (C=O) groups excluding carboxylic acids is 3. The first-order valence-electron chi connectivity index (χ1n) is 23.2. The maximum absolute atomic E-state index is 12.7. The summed E-state index contributed by atoms with van der Waals surface area (Å²) < 4.78 is 16.7. The number of hydrogen-bond donors (Lipinski definition) is 0. The van der Waals surface area contributed by atoms with Gasteiger partial charge >= 0.3 is 17.9 Å². The number of esters is 3. The van der Waals surface area contributed by atoms with Crippen LogP contribution >= 0.6 is 0 Å². The van der Waals surface area contributed by atoms with E-state index in [1.54, 1.807) is 0 Å². The highest BCUT2D eigenvalue weighted by atomic mass is 16.6. The zero-order valence-electron chi connectivity index (χ0n) is 36.1. The van der Waals surface area contributed by atoms with E-state index in [-0.39, 0.29) is 31.1 Å². The third-order valence-corrected chi connectivity index (χ3v) is 10.5. The molecule has 314 valence electrons. The number of carbonyl (C=O) groups is 3. The summed E-state index contributed by atoms with van der Waals surface area (Å²) >= 11 is 0. The van der Waals surface area contributed by atoms with Gasteiger partial charge in [-0.3, -0.25) is 14.4 Å². The lowest BCUT2D eigenvalue weighted by Gasteiger charge is -2.18. The molecule has 0 aliphatic carbocycles. The molecule has 0 saturated carbocycles. The molecule has 0 aromatic carbocycles. The second kappa shape index (κ2) is 40.1. The molecule has 0 bridgehead atoms. The van der Waals surface area contributed by atoms with Crippen molar-refractivity contribution in [1.29, 1.82) is 0 Å². The van der Waals surface area contributed by atoms with Gasteiger partial charge in [0.1, 0.15) is 13.2 Å². The first-order chi connectivity index (χ1) is 25.7. The molecule has 0 unspecified atom stereocenters. The average molecular weight is 751 g/mol. The van der Waals surface area contributed by atoms with E-state index in [4.69, 9.17) is 14.2 Å². The second-order valence-electron chi connectivity index (χ2n) is 17.0. The highest BCUT2D eigenvalue weighted by molar-refractivity contribution is 5.71. The summed E-state index contributed by atoms with van der Waals surface area (Å²) in [6, 6.07) is 0. The smallest absolute Gasteiger partial charge is 0.306 e. The molecule has 6 heteroatoms. The van der Waals surface area contributed by atoms with Crippen molar-refractivity contribution in [2.45, 2.75) is 259 Å². The Bertz CT molecular complexity index is 809. The Morgan fingerprint density at radius 3 is 0.925 bits per heavy atom. The maximum Gasteiger partial charge on any atom is 0.306 e. The minimum atomic E-state index is -0.760. The maximum atomic E-state index is 12.7. The van der Waals surface area contributed by atoms with Gasteiger partial charge in [-0.15, -0.1) is 0 Å². The lowest BCUT2D eigenvalue weighted by atomic mass is 10.0. The van der Waals surface area contributed by atoms with E-state index >= 15 is 0 Å². The fourth-order valence-electron chi connectivity index (χ4n) is 6.93. The van der Waals surface area contributed by atoms with Gasteiger partial charge in [0.05, 0.1) is 0 Å². The van der Waals surface area contributed by atoms with E-state index in [1.807, 2.05) is 0 Å². The number of hydrogen-bond acceptors (Lipinski definition) is 6. The monoisotopic (exact) mass is 751 g/mol. The van der Waals surface area contributed by atoms with E-state index in [0.717, 1.165) is 69.6 Å². The molecular weight excluding hydrogens is 661 g/mol. The molecule has 0 spiro atoms. The highest BCUT2D eigenvalue weighted by Crippen LogP contribution is 2.16. The van der Waals surface area contributed by atoms with Gasteiger partial charge in [0, 0.05) is 19.3 Å². The Labute approximate surface area is 329 Å². The van der Waals surface area contributed by atoms with Crippen molar-refractivity contribution in [3.05, 3.63) is 0 Å². The standard InChI is InChI=1S/C47H90O6/c1-6-7-8-9-10-11-12-13-14-17-23-29-34-39-47(50)53-44(41-52-46(49)38-33-28-24-19-21-26-31-36-43(4)5)40-51-45(48)37-32-27-22-18-15-16-20-25-30-35-42(2)3/h42-44H,6-41H2,1-5H3/t44-/m0/s1. The zero-order valence-corrected chi connectivity index (χ0v) is 36.1. The summed E-state index contributed by atoms with van der Waals surface area (Å²) in [5.41, 5.74) is 0. The van der Waals surface area contributed by atoms with Crippen LogP contribution < -0.4 is 0 Å². The third-order valence-electron chi connectivity index (χ3n) is 10.5. The van der Waals surface area contributed by atoms with Gasteiger partial charge in [-0.2, -0.15) is 0 Å². The molecule has 6 nitrogen and oxygen atoms in total. The third kappa shape index (κ3) is 41.4. The Morgan fingerprint density at radius 2 is 0.623 bits per heavy atom. The van der Waals surface area contributed by atoms with Gasteiger partial charge < -0.3 is 14.2 Å². The SMILES string of the molecule is CCCCCCCCCCCCCCCC(=O)O[C@@H](COC(=O)CCCCCCCCCCCC(C)C)COC(=O)CCCCCCCCCC(C)C. The van der Waals surface area contributed by atoms with Crippen molar-refractivity contribution in [2.24, 2.45) is 11.8 Å². The molecular formula is C47H90O6. The molecule has 0 N–H and O–H groups in total. The van der Waals surface area contributed by atoms with Crippen molar-refractivity contribution in [2.75, 3.05) is 13.2 Å². The van der Waals surface area contributed by atoms with E-state index in [2.05, 4.69) is 34.6 Å². The Balaban J connectivity index is 4.33. The molecule has 1 atom stereocenters. The van der Waals surface area contributed by atoms with Crippen LogP contribution in [0.1, 0.15) is 253 Å². The van der Waals surface area contributed by atoms with E-state index in [9.17, 15) is 14.4 Å². The predicted molar refractivity (Wildman–Crippen MR) is 224 cm³/mol. The first-order valence-corrected chi connectivity index (χ1v) is 23.2. The van der Waals surface area contributed by atoms with Gasteiger partial charge in [0.2, 0.25) is 0 Å². The molecule has 0 radical (unpaired) electrons. The molecule has 0 aromatic heterocycles. The minimum absolute atomic E-state index is 0.0654. The quantitative estimate of drug-likeness (QED) is 0.0352. The van der Waals surface area contributed by atoms with Gasteiger partial charge in [-0.05, 0) is 31.1 Å². The summed E-state index contributed by atoms with van der Waals surface area (Å²) in [5, 5.41) is 0. The van der Waals surface area contributed by atoms with Crippen molar-refractivity contribution < 1.29 is 28.6 Å². The van der Waals surface area contributed by atoms with Crippen LogP contribution in [0, 0.1) is 11.8 Å². The largest absolute Gasteiger partial charge is 0.462 e. The van der Waals surface area contributed by atoms with Crippen LogP contribution in [-0.4, -0.2) is 37.2 Å². The fourth-order valence-corrected chi connectivity index (χ4v) is 6.93. The van der Waals surface area contributed by atoms with Gasteiger partial charge in [-0.25, -0.2) is 0 Å². The molecule has 53 heavy (non-hydrogen) atoms. The first kappa shape index (κ1) is 51.4. The van der Waals surface area contributed by atoms with E-state index in [1.165, 1.54) is 141 Å². The molecule has 0 rings (SSSR count). The van der Waals surface area contributed by atoms with Gasteiger partial charge in [0.25, 0.3) is 0 Å². The lowest BCUT2D eigenvalue weighted by Crippen LogP contribution is -2.30. The Morgan fingerprint density at radius 1 is 0.358 bits per heavy atom. The topological polar surface area (TPSA) is 78.9 Å². The van der Waals surface area contributed by atoms with Crippen molar-refractivity contribution in [3.63, 3.8) is 0 Å². The molecule has 0 saturated heterocycles. The van der Waals surface area contributed by atoms with Crippen molar-refractivity contribution in [3.8, 4) is 0 Å². The summed E-state index contributed by atoms with van der Waals surface area (Å²) in [7, 11) is 0. The summed E-state index contributed by atoms with van der Waals surface area (Å²) in [6.07, 6.45) is 38.1. The van der Waals surface area contributed by atoms with Crippen molar-refractivity contribution in [1.82, 2.24) is 0 Å². The van der Waals surface area contributed by atoms with Crippen LogP contribution in [0.2, 0.25) is 0 Å². The van der Waals surface area contributed by atoms with Gasteiger partial charge in [-0.1, -0.05) is 214 Å². The number of rotatable bonds is 41. The summed E-state index contributed by atoms with van der Waals surface area (Å²) in [6.45, 7) is 11.3. The Hall–Kier alpha value is -1.59. The molecule has 0 fully saturated rings. The van der Waals surface area contributed by atoms with Crippen LogP contribution in [-0.2, 0) is 28.6 Å². The normalized spacial score (nSPS) is 12.1. The van der Waals surface area contributed by atoms with Crippen LogP contribution in [0.15, 0.2) is 0 Å². The molecule has 0 aliphatic heterocycles. The molecule has 0 aromatic rings. The summed E-state index contributed by atoms with van der Waals surface area (Å²) in [4.78, 5) is 37.7. The number of unbranched alkanes of at least 4 members (excludes halogenated alkanes) is 26. The molecule has 0 heterocycles. The van der Waals surface area contributed by atoms with E-state index in [0.29, 0.717) is 19.3 Å². The fraction of sp³-hybridized carbons (Fsp3) is 0.936. The lowest BCUT2D eigenvalue weighted by molar-refractivity contribution is -0.167.